The van der Waals surface area contributed by atoms with Crippen molar-refractivity contribution in [2.75, 3.05) is 6.26 Å². The fourth-order valence-electron chi connectivity index (χ4n) is 6.55. The molecule has 0 aliphatic heterocycles. The summed E-state index contributed by atoms with van der Waals surface area (Å²) in [5, 5.41) is 22.8. The van der Waals surface area contributed by atoms with E-state index in [2.05, 4.69) is 220 Å². The number of rotatable bonds is 9. The van der Waals surface area contributed by atoms with Gasteiger partial charge in [-0.15, -0.1) is 32.9 Å². The van der Waals surface area contributed by atoms with Gasteiger partial charge >= 0.3 is 0 Å². The smallest absolute Gasteiger partial charge is 0.0612 e. The van der Waals surface area contributed by atoms with Crippen LogP contribution in [0.15, 0.2) is 227 Å². The Balaban J connectivity index is 0.000000787. The highest BCUT2D eigenvalue weighted by atomic mass is 32.1. The summed E-state index contributed by atoms with van der Waals surface area (Å²) in [6, 6.07) is 47.7. The quantitative estimate of drug-likeness (QED) is 0.0425. The highest BCUT2D eigenvalue weighted by Crippen LogP contribution is 2.44. The number of hydrogen-bond donors (Lipinski definition) is 3. The second kappa shape index (κ2) is 31.7. The first-order valence-electron chi connectivity index (χ1n) is 22.0. The van der Waals surface area contributed by atoms with E-state index in [0.717, 1.165) is 34.5 Å². The van der Waals surface area contributed by atoms with Crippen molar-refractivity contribution in [2.24, 2.45) is 0 Å². The van der Waals surface area contributed by atoms with Crippen LogP contribution in [0.25, 0.3) is 60.1 Å². The third-order valence-electron chi connectivity index (χ3n) is 9.70. The number of allylic oxidation sites excluding steroid dienone is 9. The summed E-state index contributed by atoms with van der Waals surface area (Å²) >= 11 is 3.53. The van der Waals surface area contributed by atoms with Gasteiger partial charge in [0.25, 0.3) is 0 Å². The van der Waals surface area contributed by atoms with Gasteiger partial charge in [-0.2, -0.15) is 12.6 Å². The van der Waals surface area contributed by atoms with Crippen LogP contribution in [0.4, 0.5) is 0 Å². The summed E-state index contributed by atoms with van der Waals surface area (Å²) in [7, 11) is 0. The van der Waals surface area contributed by atoms with Gasteiger partial charge in [0.05, 0.1) is 5.71 Å². The monoisotopic (exact) mass is 889 g/mol. The summed E-state index contributed by atoms with van der Waals surface area (Å²) in [5.41, 5.74) is 12.7. The number of fused-ring (bicyclic) bond motifs is 3. The Morgan fingerprint density at radius 3 is 1.45 bits per heavy atom. The van der Waals surface area contributed by atoms with Crippen molar-refractivity contribution in [2.45, 2.75) is 54.9 Å². The van der Waals surface area contributed by atoms with Gasteiger partial charge < -0.3 is 10.8 Å². The fraction of sp³-hybridized carbons (Fsp3) is 0.143. The Morgan fingerprint density at radius 1 is 0.606 bits per heavy atom. The molecule has 0 aliphatic rings. The molecule has 3 heteroatoms. The molecule has 0 heterocycles. The Kier molecular flexibility index (Phi) is 27.4. The first-order valence-corrected chi connectivity index (χ1v) is 22.9. The lowest BCUT2D eigenvalue weighted by Gasteiger charge is -2.18. The molecule has 66 heavy (non-hydrogen) atoms. The van der Waals surface area contributed by atoms with Crippen molar-refractivity contribution in [1.29, 1.82) is 10.8 Å². The van der Waals surface area contributed by atoms with E-state index in [1.54, 1.807) is 30.6 Å². The second-order valence-corrected chi connectivity index (χ2v) is 15.1. The zero-order valence-electron chi connectivity index (χ0n) is 40.8. The maximum atomic E-state index is 8.30. The molecular formula is C63H72N2S. The Labute approximate surface area is 404 Å². The lowest BCUT2D eigenvalue weighted by Crippen LogP contribution is -1.94. The van der Waals surface area contributed by atoms with Crippen LogP contribution in [0.3, 0.4) is 0 Å². The van der Waals surface area contributed by atoms with Gasteiger partial charge in [-0.05, 0) is 155 Å². The van der Waals surface area contributed by atoms with Crippen molar-refractivity contribution in [3.05, 3.63) is 249 Å². The van der Waals surface area contributed by atoms with E-state index in [4.69, 9.17) is 10.8 Å². The molecule has 0 atom stereocenters. The van der Waals surface area contributed by atoms with E-state index in [0.29, 0.717) is 5.57 Å². The third-order valence-corrected chi connectivity index (χ3v) is 9.70. The molecular weight excluding hydrogens is 817 g/mol. The van der Waals surface area contributed by atoms with Gasteiger partial charge in [-0.1, -0.05) is 177 Å². The molecule has 7 rings (SSSR count). The summed E-state index contributed by atoms with van der Waals surface area (Å²) < 4.78 is 0. The maximum Gasteiger partial charge on any atom is 0.0612 e. The average molecular weight is 889 g/mol. The van der Waals surface area contributed by atoms with E-state index < -0.39 is 0 Å². The van der Waals surface area contributed by atoms with Crippen LogP contribution in [0.2, 0.25) is 0 Å². The molecule has 340 valence electrons. The first-order chi connectivity index (χ1) is 31.8. The summed E-state index contributed by atoms with van der Waals surface area (Å²) in [6.45, 7) is 38.7. The highest BCUT2D eigenvalue weighted by Gasteiger charge is 2.17. The van der Waals surface area contributed by atoms with Crippen LogP contribution in [0.1, 0.15) is 56.4 Å². The molecule has 0 radical (unpaired) electrons. The predicted octanol–water partition coefficient (Wildman–Crippen LogP) is 19.1. The molecule has 7 aromatic rings. The standard InChI is InChI=1S/C41H32N2.C8H10.2C4H8.C3H6.C2H4.CH4S/c1-4-29(22-23-42)39(43)21-16-28(3)31-19-17-30-18-20-33(26-34(30)25-31)41-37-14-7-5-12-35(37)40(32-11-9-10-27(2)24-32)36-13-6-8-15-38(36)41;1-7-5-3-4-6-8(7)2;1-4(2)3;1-3-4-2;1-3-2;2*1-2/h4-26,42-43H,1,3H2,2H3;3-6H,1-2H3;1H2,2-3H3;3H,1,4H2,2H3;3H,1H2,2H3;1-2H2;2H,1H3/b21-16-,29-22+,42-23?,43-39?;;;;;;. The van der Waals surface area contributed by atoms with Crippen LogP contribution in [0, 0.1) is 31.6 Å². The molecule has 0 spiro atoms. The number of benzene rings is 7. The molecule has 7 aromatic carbocycles. The van der Waals surface area contributed by atoms with Crippen molar-refractivity contribution < 1.29 is 0 Å². The van der Waals surface area contributed by atoms with Crippen molar-refractivity contribution >= 4 is 62.4 Å². The maximum absolute atomic E-state index is 8.30. The average Bonchev–Trinajstić information content (AvgIpc) is 3.33. The molecule has 0 aliphatic carbocycles. The molecule has 0 saturated carbocycles. The topological polar surface area (TPSA) is 47.7 Å². The van der Waals surface area contributed by atoms with E-state index in [1.807, 2.05) is 32.9 Å². The van der Waals surface area contributed by atoms with E-state index in [-0.39, 0.29) is 5.71 Å². The molecule has 2 nitrogen and oxygen atoms in total. The van der Waals surface area contributed by atoms with Crippen LogP contribution in [-0.2, 0) is 0 Å². The molecule has 0 aromatic heterocycles. The lowest BCUT2D eigenvalue weighted by atomic mass is 9.85. The number of thiol groups is 1. The van der Waals surface area contributed by atoms with Crippen LogP contribution in [0.5, 0.6) is 0 Å². The summed E-state index contributed by atoms with van der Waals surface area (Å²) in [5.74, 6) is 0. The van der Waals surface area contributed by atoms with Crippen LogP contribution >= 0.6 is 12.6 Å². The second-order valence-electron chi connectivity index (χ2n) is 15.1. The van der Waals surface area contributed by atoms with Gasteiger partial charge in [0.2, 0.25) is 0 Å². The SMILES string of the molecule is C=C.C=C(C)C.C=C/C(=C\C=N)C(=N)/C=C\C(=C)c1ccc2ccc(-c3c4ccccc4c(-c4cccc(C)c4)c4ccccc34)cc2c1.C=CC.C=CCC.CS.Cc1ccccc1C. The van der Waals surface area contributed by atoms with E-state index in [1.165, 1.54) is 66.1 Å². The molecule has 0 unspecified atom stereocenters. The van der Waals surface area contributed by atoms with Gasteiger partial charge in [0.15, 0.2) is 0 Å². The van der Waals surface area contributed by atoms with Crippen molar-refractivity contribution in [1.82, 2.24) is 0 Å². The zero-order valence-corrected chi connectivity index (χ0v) is 41.7. The number of nitrogens with one attached hydrogen (secondary N) is 2. The molecule has 0 amide bonds. The van der Waals surface area contributed by atoms with E-state index in [9.17, 15) is 0 Å². The van der Waals surface area contributed by atoms with Crippen molar-refractivity contribution in [3.8, 4) is 22.3 Å². The lowest BCUT2D eigenvalue weighted by molar-refractivity contribution is 1.23. The molecule has 2 N–H and O–H groups in total. The number of aryl methyl sites for hydroxylation is 3. The third kappa shape index (κ3) is 17.5. The summed E-state index contributed by atoms with van der Waals surface area (Å²) in [4.78, 5) is 0. The number of hydrogen-bond acceptors (Lipinski definition) is 3. The van der Waals surface area contributed by atoms with Crippen molar-refractivity contribution in [3.63, 3.8) is 0 Å². The normalized spacial score (nSPS) is 9.92. The van der Waals surface area contributed by atoms with Crippen LogP contribution in [-0.4, -0.2) is 18.2 Å². The minimum absolute atomic E-state index is 0.288. The first kappa shape index (κ1) is 56.9. The van der Waals surface area contributed by atoms with E-state index >= 15 is 0 Å². The largest absolute Gasteiger partial charge is 0.309 e. The zero-order chi connectivity index (χ0) is 49.6. The minimum Gasteiger partial charge on any atom is -0.309 e. The van der Waals surface area contributed by atoms with Gasteiger partial charge in [0, 0.05) is 11.8 Å². The van der Waals surface area contributed by atoms with Gasteiger partial charge in [-0.25, -0.2) is 0 Å². The van der Waals surface area contributed by atoms with Gasteiger partial charge in [0.1, 0.15) is 0 Å². The molecule has 0 bridgehead atoms. The minimum atomic E-state index is 0.288. The van der Waals surface area contributed by atoms with Gasteiger partial charge in [-0.3, -0.25) is 0 Å². The Hall–Kier alpha value is -7.07. The highest BCUT2D eigenvalue weighted by molar-refractivity contribution is 7.79. The fourth-order valence-corrected chi connectivity index (χ4v) is 6.55. The molecule has 0 fully saturated rings. The molecule has 0 saturated heterocycles. The predicted molar refractivity (Wildman–Crippen MR) is 306 cm³/mol. The summed E-state index contributed by atoms with van der Waals surface area (Å²) in [6.07, 6.45) is 14.3. The van der Waals surface area contributed by atoms with Crippen LogP contribution < -0.4 is 0 Å². The Bertz CT molecular complexity index is 2690. The Morgan fingerprint density at radius 2 is 1.05 bits per heavy atom.